The van der Waals surface area contributed by atoms with Crippen molar-refractivity contribution in [3.8, 4) is 0 Å². The third-order valence-electron chi connectivity index (χ3n) is 6.12. The maximum Gasteiger partial charge on any atom is 0.343 e. The van der Waals surface area contributed by atoms with E-state index in [1.807, 2.05) is 38.1 Å². The molecule has 2 aliphatic rings. The number of benzene rings is 1. The van der Waals surface area contributed by atoms with Gasteiger partial charge in [0.2, 0.25) is 0 Å². The zero-order valence-corrected chi connectivity index (χ0v) is 12.6. The van der Waals surface area contributed by atoms with Gasteiger partial charge in [0.15, 0.2) is 5.60 Å². The van der Waals surface area contributed by atoms with Gasteiger partial charge in [-0.15, -0.1) is 0 Å². The van der Waals surface area contributed by atoms with Gasteiger partial charge in [0, 0.05) is 10.8 Å². The Balaban J connectivity index is 2.41. The van der Waals surface area contributed by atoms with Gasteiger partial charge in [0.1, 0.15) is 0 Å². The van der Waals surface area contributed by atoms with E-state index in [2.05, 4.69) is 13.8 Å². The van der Waals surface area contributed by atoms with Gasteiger partial charge in [0.25, 0.3) is 0 Å². The Bertz CT molecular complexity index is 660. The minimum Gasteiger partial charge on any atom is -0.467 e. The highest BCUT2D eigenvalue weighted by Crippen LogP contribution is 2.73. The van der Waals surface area contributed by atoms with Crippen molar-refractivity contribution in [2.45, 2.75) is 38.7 Å². The van der Waals surface area contributed by atoms with E-state index in [1.165, 1.54) is 12.7 Å². The molecule has 0 saturated carbocycles. The van der Waals surface area contributed by atoms with Gasteiger partial charge < -0.3 is 9.84 Å². The van der Waals surface area contributed by atoms with Crippen LogP contribution in [0.25, 0.3) is 0 Å². The van der Waals surface area contributed by atoms with Crippen LogP contribution in [0, 0.1) is 5.41 Å². The molecule has 3 heteroatoms. The van der Waals surface area contributed by atoms with Gasteiger partial charge in [-0.1, -0.05) is 49.3 Å². The van der Waals surface area contributed by atoms with Crippen molar-refractivity contribution in [2.75, 3.05) is 7.11 Å². The molecule has 20 heavy (non-hydrogen) atoms. The molecule has 0 aromatic heterocycles. The first-order valence-electron chi connectivity index (χ1n) is 6.87. The van der Waals surface area contributed by atoms with Crippen molar-refractivity contribution in [3.63, 3.8) is 0 Å². The molecule has 2 aliphatic carbocycles. The number of fused-ring (bicyclic) bond motifs is 3. The lowest BCUT2D eigenvalue weighted by molar-refractivity contribution is -0.181. The van der Waals surface area contributed by atoms with Gasteiger partial charge in [-0.25, -0.2) is 4.79 Å². The number of ether oxygens (including phenoxy) is 1. The number of aliphatic hydroxyl groups is 1. The van der Waals surface area contributed by atoms with Crippen molar-refractivity contribution < 1.29 is 14.6 Å². The van der Waals surface area contributed by atoms with Crippen molar-refractivity contribution >= 4 is 5.97 Å². The highest BCUT2D eigenvalue weighted by Gasteiger charge is 2.75. The van der Waals surface area contributed by atoms with Crippen LogP contribution in [0.1, 0.15) is 38.8 Å². The minimum absolute atomic E-state index is 0.323. The molecular formula is C17H20O3. The number of carbonyl (C=O) groups excluding carboxylic acids is 1. The maximum absolute atomic E-state index is 12.4. The van der Waals surface area contributed by atoms with E-state index in [4.69, 9.17) is 4.74 Å². The summed E-state index contributed by atoms with van der Waals surface area (Å²) >= 11 is 0. The summed E-state index contributed by atoms with van der Waals surface area (Å²) in [6.45, 7) is 8.15. The Labute approximate surface area is 119 Å². The maximum atomic E-state index is 12.4. The molecule has 0 spiro atoms. The highest BCUT2D eigenvalue weighted by atomic mass is 16.5. The number of allylic oxidation sites excluding steroid dienone is 1. The molecular weight excluding hydrogens is 252 g/mol. The molecule has 1 aromatic rings. The van der Waals surface area contributed by atoms with E-state index >= 15 is 0 Å². The van der Waals surface area contributed by atoms with E-state index in [0.29, 0.717) is 5.56 Å². The SMILES string of the molecule is COC(=O)[C@@]1(O)c2ccccc2[C@@]2(C)C(C)=C(C)[C@@]12C. The third kappa shape index (κ3) is 0.966. The molecule has 0 unspecified atom stereocenters. The lowest BCUT2D eigenvalue weighted by Gasteiger charge is -2.57. The summed E-state index contributed by atoms with van der Waals surface area (Å²) in [6.07, 6.45) is 0. The summed E-state index contributed by atoms with van der Waals surface area (Å²) in [5, 5.41) is 11.3. The average molecular weight is 272 g/mol. The van der Waals surface area contributed by atoms with Crippen LogP contribution in [0.5, 0.6) is 0 Å². The van der Waals surface area contributed by atoms with Crippen LogP contribution < -0.4 is 0 Å². The van der Waals surface area contributed by atoms with Gasteiger partial charge in [0.05, 0.1) is 7.11 Å². The minimum atomic E-state index is -1.61. The molecule has 3 rings (SSSR count). The van der Waals surface area contributed by atoms with E-state index in [0.717, 1.165) is 11.1 Å². The molecule has 0 bridgehead atoms. The first kappa shape index (κ1) is 13.4. The Morgan fingerprint density at radius 3 is 2.20 bits per heavy atom. The summed E-state index contributed by atoms with van der Waals surface area (Å²) in [6, 6.07) is 7.65. The zero-order valence-electron chi connectivity index (χ0n) is 12.6. The van der Waals surface area contributed by atoms with Crippen molar-refractivity contribution in [3.05, 3.63) is 46.5 Å². The van der Waals surface area contributed by atoms with E-state index in [9.17, 15) is 9.90 Å². The van der Waals surface area contributed by atoms with Crippen molar-refractivity contribution in [2.24, 2.45) is 5.41 Å². The normalized spacial score (nSPS) is 38.1. The molecule has 3 atom stereocenters. The predicted octanol–water partition coefficient (Wildman–Crippen LogP) is 2.67. The Morgan fingerprint density at radius 2 is 1.65 bits per heavy atom. The number of hydrogen-bond acceptors (Lipinski definition) is 3. The van der Waals surface area contributed by atoms with Gasteiger partial charge in [-0.2, -0.15) is 0 Å². The molecule has 0 heterocycles. The number of hydrogen-bond donors (Lipinski definition) is 1. The Hall–Kier alpha value is -1.61. The van der Waals surface area contributed by atoms with Crippen molar-refractivity contribution in [1.82, 2.24) is 0 Å². The summed E-state index contributed by atoms with van der Waals surface area (Å²) in [4.78, 5) is 12.4. The molecule has 1 N–H and O–H groups in total. The number of methoxy groups -OCH3 is 1. The second kappa shape index (κ2) is 3.53. The quantitative estimate of drug-likeness (QED) is 0.631. The first-order valence-corrected chi connectivity index (χ1v) is 6.87. The van der Waals surface area contributed by atoms with Crippen molar-refractivity contribution in [1.29, 1.82) is 0 Å². The lowest BCUT2D eigenvalue weighted by Crippen LogP contribution is -2.60. The van der Waals surface area contributed by atoms with Crippen LogP contribution in [0.3, 0.4) is 0 Å². The van der Waals surface area contributed by atoms with Crippen LogP contribution in [0.2, 0.25) is 0 Å². The number of rotatable bonds is 1. The smallest absolute Gasteiger partial charge is 0.343 e. The van der Waals surface area contributed by atoms with E-state index < -0.39 is 17.0 Å². The monoisotopic (exact) mass is 272 g/mol. The third-order valence-corrected chi connectivity index (χ3v) is 6.12. The molecule has 0 radical (unpaired) electrons. The fourth-order valence-corrected chi connectivity index (χ4v) is 4.51. The fraction of sp³-hybridized carbons (Fsp3) is 0.471. The van der Waals surface area contributed by atoms with E-state index in [-0.39, 0.29) is 5.41 Å². The first-order chi connectivity index (χ1) is 9.27. The van der Waals surface area contributed by atoms with Crippen LogP contribution >= 0.6 is 0 Å². The second-order valence-electron chi connectivity index (χ2n) is 6.25. The Morgan fingerprint density at radius 1 is 1.10 bits per heavy atom. The summed E-state index contributed by atoms with van der Waals surface area (Å²) in [5.41, 5.74) is 1.41. The molecule has 1 aromatic carbocycles. The largest absolute Gasteiger partial charge is 0.467 e. The van der Waals surface area contributed by atoms with Crippen LogP contribution in [-0.2, 0) is 20.5 Å². The molecule has 0 saturated heterocycles. The molecule has 0 aliphatic heterocycles. The summed E-state index contributed by atoms with van der Waals surface area (Å²) in [7, 11) is 1.33. The standard InChI is InChI=1S/C17H20O3/c1-10-11(2)16(4)15(10,3)12-8-6-7-9-13(12)17(16,19)14(18)20-5/h6-9,19H,1-5H3/t15-,16-,17+/m1/s1. The molecule has 0 amide bonds. The fourth-order valence-electron chi connectivity index (χ4n) is 4.51. The average Bonchev–Trinajstić information content (AvgIpc) is 2.63. The molecule has 106 valence electrons. The van der Waals surface area contributed by atoms with Gasteiger partial charge in [-0.05, 0) is 25.0 Å². The van der Waals surface area contributed by atoms with Crippen LogP contribution in [0.4, 0.5) is 0 Å². The highest BCUT2D eigenvalue weighted by molar-refractivity contribution is 5.88. The topological polar surface area (TPSA) is 46.5 Å². The van der Waals surface area contributed by atoms with Gasteiger partial charge in [-0.3, -0.25) is 0 Å². The zero-order chi connectivity index (χ0) is 14.9. The molecule has 0 fully saturated rings. The second-order valence-corrected chi connectivity index (χ2v) is 6.25. The summed E-state index contributed by atoms with van der Waals surface area (Å²) < 4.78 is 4.93. The van der Waals surface area contributed by atoms with Gasteiger partial charge >= 0.3 is 5.97 Å². The number of carbonyl (C=O) groups is 1. The van der Waals surface area contributed by atoms with E-state index in [1.54, 1.807) is 0 Å². The predicted molar refractivity (Wildman–Crippen MR) is 76.2 cm³/mol. The molecule has 3 nitrogen and oxygen atoms in total. The summed E-state index contributed by atoms with van der Waals surface area (Å²) in [5.74, 6) is -0.581. The lowest BCUT2D eigenvalue weighted by atomic mass is 9.45. The van der Waals surface area contributed by atoms with Crippen LogP contribution in [-0.4, -0.2) is 18.2 Å². The Kier molecular flexibility index (Phi) is 2.36. The van der Waals surface area contributed by atoms with Crippen LogP contribution in [0.15, 0.2) is 35.4 Å². The number of esters is 1.